The van der Waals surface area contributed by atoms with Gasteiger partial charge in [-0.1, -0.05) is 20.8 Å². The van der Waals surface area contributed by atoms with E-state index in [9.17, 15) is 9.59 Å². The SMILES string of the molecule is COc1ccc(-c2ccc(=O)n(C(C)C(=O)NC3CC(C)CC(C)(C)C3)n2)cc1. The summed E-state index contributed by atoms with van der Waals surface area (Å²) in [5, 5.41) is 7.61. The fraction of sp³-hybridized carbons (Fsp3) is 0.522. The molecule has 2 aromatic rings. The third-order valence-corrected chi connectivity index (χ3v) is 5.69. The van der Waals surface area contributed by atoms with Gasteiger partial charge in [-0.15, -0.1) is 0 Å². The number of methoxy groups -OCH3 is 1. The normalized spacial score (nSPS) is 22.0. The van der Waals surface area contributed by atoms with E-state index in [1.807, 2.05) is 24.3 Å². The molecule has 1 aliphatic carbocycles. The standard InChI is InChI=1S/C23H31N3O3/c1-15-12-18(14-23(3,4)13-15)24-22(28)16(2)26-21(27)11-10-20(25-26)17-6-8-19(29-5)9-7-17/h6-11,15-16,18H,12-14H2,1-5H3,(H,24,28). The first-order valence-electron chi connectivity index (χ1n) is 10.2. The molecule has 0 spiro atoms. The van der Waals surface area contributed by atoms with Crippen molar-refractivity contribution in [2.75, 3.05) is 7.11 Å². The van der Waals surface area contributed by atoms with E-state index in [4.69, 9.17) is 4.74 Å². The quantitative estimate of drug-likeness (QED) is 0.833. The molecule has 1 amide bonds. The molecule has 1 aliphatic rings. The first-order valence-corrected chi connectivity index (χ1v) is 10.2. The predicted molar refractivity (Wildman–Crippen MR) is 114 cm³/mol. The first kappa shape index (κ1) is 21.1. The molecule has 3 unspecified atom stereocenters. The molecular formula is C23H31N3O3. The molecule has 0 radical (unpaired) electrons. The van der Waals surface area contributed by atoms with Crippen LogP contribution in [0, 0.1) is 11.3 Å². The third-order valence-electron chi connectivity index (χ3n) is 5.69. The molecule has 3 atom stereocenters. The Balaban J connectivity index is 1.78. The molecule has 1 aromatic heterocycles. The summed E-state index contributed by atoms with van der Waals surface area (Å²) in [7, 11) is 1.61. The summed E-state index contributed by atoms with van der Waals surface area (Å²) in [6, 6.07) is 10.0. The number of hydrogen-bond acceptors (Lipinski definition) is 4. The van der Waals surface area contributed by atoms with Crippen molar-refractivity contribution in [2.24, 2.45) is 11.3 Å². The Morgan fingerprint density at radius 3 is 2.52 bits per heavy atom. The Kier molecular flexibility index (Phi) is 6.10. The molecule has 0 saturated heterocycles. The maximum atomic E-state index is 12.9. The summed E-state index contributed by atoms with van der Waals surface area (Å²) in [5.74, 6) is 1.15. The van der Waals surface area contributed by atoms with E-state index >= 15 is 0 Å². The summed E-state index contributed by atoms with van der Waals surface area (Å²) in [6.07, 6.45) is 3.08. The molecule has 3 rings (SSSR count). The maximum Gasteiger partial charge on any atom is 0.267 e. The Morgan fingerprint density at radius 2 is 1.90 bits per heavy atom. The topological polar surface area (TPSA) is 73.2 Å². The number of rotatable bonds is 5. The van der Waals surface area contributed by atoms with E-state index in [2.05, 4.69) is 31.2 Å². The number of ether oxygens (including phenoxy) is 1. The van der Waals surface area contributed by atoms with Crippen molar-refractivity contribution in [3.05, 3.63) is 46.8 Å². The highest BCUT2D eigenvalue weighted by Crippen LogP contribution is 2.38. The van der Waals surface area contributed by atoms with Gasteiger partial charge in [0.15, 0.2) is 0 Å². The van der Waals surface area contributed by atoms with Gasteiger partial charge in [0, 0.05) is 17.7 Å². The van der Waals surface area contributed by atoms with Crippen LogP contribution in [0.15, 0.2) is 41.2 Å². The van der Waals surface area contributed by atoms with Gasteiger partial charge < -0.3 is 10.1 Å². The Morgan fingerprint density at radius 1 is 1.21 bits per heavy atom. The van der Waals surface area contributed by atoms with Gasteiger partial charge in [0.1, 0.15) is 11.8 Å². The molecule has 1 saturated carbocycles. The van der Waals surface area contributed by atoms with E-state index in [1.165, 1.54) is 17.2 Å². The average molecular weight is 398 g/mol. The van der Waals surface area contributed by atoms with Crippen LogP contribution in [0.4, 0.5) is 0 Å². The third kappa shape index (κ3) is 5.05. The molecule has 1 N–H and O–H groups in total. The zero-order chi connectivity index (χ0) is 21.2. The predicted octanol–water partition coefficient (Wildman–Crippen LogP) is 3.81. The van der Waals surface area contributed by atoms with Crippen LogP contribution in [0.25, 0.3) is 11.3 Å². The number of benzene rings is 1. The summed E-state index contributed by atoms with van der Waals surface area (Å²) in [4.78, 5) is 25.3. The minimum Gasteiger partial charge on any atom is -0.497 e. The number of amides is 1. The van der Waals surface area contributed by atoms with Crippen molar-refractivity contribution in [1.29, 1.82) is 0 Å². The largest absolute Gasteiger partial charge is 0.497 e. The Bertz CT molecular complexity index is 918. The van der Waals surface area contributed by atoms with Gasteiger partial charge in [0.05, 0.1) is 12.8 Å². The van der Waals surface area contributed by atoms with Crippen LogP contribution >= 0.6 is 0 Å². The van der Waals surface area contributed by atoms with Crippen molar-refractivity contribution in [2.45, 2.75) is 59.0 Å². The Hall–Kier alpha value is -2.63. The fourth-order valence-corrected chi connectivity index (χ4v) is 4.51. The molecule has 6 nitrogen and oxygen atoms in total. The maximum absolute atomic E-state index is 12.9. The summed E-state index contributed by atoms with van der Waals surface area (Å²) < 4.78 is 6.45. The van der Waals surface area contributed by atoms with E-state index in [1.54, 1.807) is 20.1 Å². The van der Waals surface area contributed by atoms with Crippen LogP contribution < -0.4 is 15.6 Å². The molecule has 0 bridgehead atoms. The molecule has 1 heterocycles. The molecule has 6 heteroatoms. The van der Waals surface area contributed by atoms with Crippen molar-refractivity contribution in [3.8, 4) is 17.0 Å². The molecule has 156 valence electrons. The van der Waals surface area contributed by atoms with E-state index in [0.29, 0.717) is 11.6 Å². The van der Waals surface area contributed by atoms with Crippen molar-refractivity contribution >= 4 is 5.91 Å². The summed E-state index contributed by atoms with van der Waals surface area (Å²) in [6.45, 7) is 8.44. The van der Waals surface area contributed by atoms with Crippen molar-refractivity contribution in [3.63, 3.8) is 0 Å². The van der Waals surface area contributed by atoms with Gasteiger partial charge in [-0.3, -0.25) is 9.59 Å². The molecule has 1 fully saturated rings. The molecule has 0 aliphatic heterocycles. The number of carbonyl (C=O) groups excluding carboxylic acids is 1. The zero-order valence-electron chi connectivity index (χ0n) is 17.9. The number of hydrogen-bond donors (Lipinski definition) is 1. The summed E-state index contributed by atoms with van der Waals surface area (Å²) >= 11 is 0. The lowest BCUT2D eigenvalue weighted by Gasteiger charge is -2.39. The number of nitrogens with one attached hydrogen (secondary N) is 1. The monoisotopic (exact) mass is 397 g/mol. The van der Waals surface area contributed by atoms with Crippen LogP contribution in [-0.2, 0) is 4.79 Å². The van der Waals surface area contributed by atoms with Crippen molar-refractivity contribution in [1.82, 2.24) is 15.1 Å². The second-order valence-electron chi connectivity index (χ2n) is 9.02. The highest BCUT2D eigenvalue weighted by Gasteiger charge is 2.33. The van der Waals surface area contributed by atoms with Gasteiger partial charge in [-0.05, 0) is 67.9 Å². The minimum absolute atomic E-state index is 0.129. The average Bonchev–Trinajstić information content (AvgIpc) is 2.66. The second kappa shape index (κ2) is 8.39. The smallest absolute Gasteiger partial charge is 0.267 e. The van der Waals surface area contributed by atoms with Crippen molar-refractivity contribution < 1.29 is 9.53 Å². The van der Waals surface area contributed by atoms with Crippen LogP contribution in [0.1, 0.15) is 53.0 Å². The van der Waals surface area contributed by atoms with Crippen LogP contribution in [0.5, 0.6) is 5.75 Å². The second-order valence-corrected chi connectivity index (χ2v) is 9.02. The molecule has 1 aromatic carbocycles. The van der Waals surface area contributed by atoms with E-state index < -0.39 is 6.04 Å². The lowest BCUT2D eigenvalue weighted by Crippen LogP contribution is -2.46. The van der Waals surface area contributed by atoms with E-state index in [-0.39, 0.29) is 22.9 Å². The summed E-state index contributed by atoms with van der Waals surface area (Å²) in [5.41, 5.74) is 1.42. The fourth-order valence-electron chi connectivity index (χ4n) is 4.51. The Labute approximate surface area is 172 Å². The number of aromatic nitrogens is 2. The van der Waals surface area contributed by atoms with Crippen LogP contribution in [0.3, 0.4) is 0 Å². The van der Waals surface area contributed by atoms with Gasteiger partial charge >= 0.3 is 0 Å². The zero-order valence-corrected chi connectivity index (χ0v) is 17.9. The first-order chi connectivity index (χ1) is 13.7. The lowest BCUT2D eigenvalue weighted by molar-refractivity contribution is -0.125. The van der Waals surface area contributed by atoms with Gasteiger partial charge in [-0.2, -0.15) is 5.10 Å². The van der Waals surface area contributed by atoms with E-state index in [0.717, 1.165) is 24.2 Å². The molecular weight excluding hydrogens is 366 g/mol. The number of carbonyl (C=O) groups is 1. The highest BCUT2D eigenvalue weighted by atomic mass is 16.5. The lowest BCUT2D eigenvalue weighted by atomic mass is 9.70. The molecule has 29 heavy (non-hydrogen) atoms. The van der Waals surface area contributed by atoms with Gasteiger partial charge in [-0.25, -0.2) is 4.68 Å². The van der Waals surface area contributed by atoms with Gasteiger partial charge in [0.2, 0.25) is 5.91 Å². The van der Waals surface area contributed by atoms with Crippen LogP contribution in [0.2, 0.25) is 0 Å². The van der Waals surface area contributed by atoms with Gasteiger partial charge in [0.25, 0.3) is 5.56 Å². The minimum atomic E-state index is -0.680. The highest BCUT2D eigenvalue weighted by molar-refractivity contribution is 5.80. The van der Waals surface area contributed by atoms with Crippen LogP contribution in [-0.4, -0.2) is 28.8 Å². The number of nitrogens with zero attached hydrogens (tertiary/aromatic N) is 2.